The summed E-state index contributed by atoms with van der Waals surface area (Å²) < 4.78 is 0. The van der Waals surface area contributed by atoms with E-state index in [2.05, 4.69) is 5.32 Å². The maximum absolute atomic E-state index is 11.8. The van der Waals surface area contributed by atoms with Crippen LogP contribution in [-0.2, 0) is 9.59 Å². The molecule has 0 aliphatic heterocycles. The summed E-state index contributed by atoms with van der Waals surface area (Å²) in [6.07, 6.45) is 4.73. The molecule has 0 aromatic rings. The van der Waals surface area contributed by atoms with Crippen molar-refractivity contribution in [3.63, 3.8) is 0 Å². The number of amides is 2. The van der Waals surface area contributed by atoms with E-state index in [-0.39, 0.29) is 11.8 Å². The summed E-state index contributed by atoms with van der Waals surface area (Å²) in [5, 5.41) is 2.78. The third-order valence-corrected chi connectivity index (χ3v) is 3.09. The first-order valence-corrected chi connectivity index (χ1v) is 6.10. The van der Waals surface area contributed by atoms with Gasteiger partial charge in [0.2, 0.25) is 11.8 Å². The van der Waals surface area contributed by atoms with Crippen LogP contribution in [0.4, 0.5) is 0 Å². The molecular formula is C12H22N2O2. The maximum atomic E-state index is 11.8. The number of nitrogens with two attached hydrogens (primary N) is 1. The standard InChI is InChI=1S/C12H22N2O2/c1-8(2)7-10(11(13)15)14-12(16)9-5-3-4-6-9/h8-10H,3-7H2,1-2H3,(H2,13,15)(H,14,16)/t10-/m1/s1. The molecule has 16 heavy (non-hydrogen) atoms. The highest BCUT2D eigenvalue weighted by Crippen LogP contribution is 2.24. The van der Waals surface area contributed by atoms with Gasteiger partial charge in [0.25, 0.3) is 0 Å². The number of hydrogen-bond donors (Lipinski definition) is 2. The van der Waals surface area contributed by atoms with Crippen molar-refractivity contribution in [3.05, 3.63) is 0 Å². The normalized spacial score (nSPS) is 18.7. The Hall–Kier alpha value is -1.06. The monoisotopic (exact) mass is 226 g/mol. The van der Waals surface area contributed by atoms with Crippen LogP contribution in [0.1, 0.15) is 46.0 Å². The SMILES string of the molecule is CC(C)C[C@@H](NC(=O)C1CCCC1)C(N)=O. The van der Waals surface area contributed by atoms with Gasteiger partial charge in [-0.3, -0.25) is 9.59 Å². The first kappa shape index (κ1) is 13.0. The summed E-state index contributed by atoms with van der Waals surface area (Å²) in [6.45, 7) is 4.02. The average Bonchev–Trinajstić information content (AvgIpc) is 2.68. The van der Waals surface area contributed by atoms with E-state index in [1.165, 1.54) is 0 Å². The molecule has 0 spiro atoms. The van der Waals surface area contributed by atoms with Crippen LogP contribution in [0.2, 0.25) is 0 Å². The molecular weight excluding hydrogens is 204 g/mol. The quantitative estimate of drug-likeness (QED) is 0.739. The molecule has 0 heterocycles. The van der Waals surface area contributed by atoms with Gasteiger partial charge < -0.3 is 11.1 Å². The van der Waals surface area contributed by atoms with E-state index in [9.17, 15) is 9.59 Å². The number of carbonyl (C=O) groups excluding carboxylic acids is 2. The molecule has 3 N–H and O–H groups in total. The minimum absolute atomic E-state index is 0.00181. The highest BCUT2D eigenvalue weighted by atomic mass is 16.2. The summed E-state index contributed by atoms with van der Waals surface area (Å²) >= 11 is 0. The molecule has 0 aromatic carbocycles. The molecule has 92 valence electrons. The first-order valence-electron chi connectivity index (χ1n) is 6.10. The Bertz CT molecular complexity index is 258. The van der Waals surface area contributed by atoms with Gasteiger partial charge in [0, 0.05) is 5.92 Å². The molecule has 1 rings (SSSR count). The minimum Gasteiger partial charge on any atom is -0.368 e. The highest BCUT2D eigenvalue weighted by Gasteiger charge is 2.26. The van der Waals surface area contributed by atoms with Crippen LogP contribution in [0.3, 0.4) is 0 Å². The van der Waals surface area contributed by atoms with Crippen LogP contribution in [0.5, 0.6) is 0 Å². The third kappa shape index (κ3) is 3.83. The molecule has 1 fully saturated rings. The Morgan fingerprint density at radius 1 is 1.31 bits per heavy atom. The lowest BCUT2D eigenvalue weighted by molar-refractivity contribution is -0.130. The van der Waals surface area contributed by atoms with Gasteiger partial charge in [-0.05, 0) is 25.2 Å². The fourth-order valence-electron chi connectivity index (χ4n) is 2.20. The molecule has 0 unspecified atom stereocenters. The fourth-order valence-corrected chi connectivity index (χ4v) is 2.20. The Morgan fingerprint density at radius 2 is 1.88 bits per heavy atom. The molecule has 0 radical (unpaired) electrons. The van der Waals surface area contributed by atoms with E-state index in [1.54, 1.807) is 0 Å². The number of carbonyl (C=O) groups is 2. The van der Waals surface area contributed by atoms with Crippen molar-refractivity contribution in [2.45, 2.75) is 52.0 Å². The Kier molecular flexibility index (Phi) is 4.77. The Morgan fingerprint density at radius 3 is 2.31 bits per heavy atom. The smallest absolute Gasteiger partial charge is 0.240 e. The average molecular weight is 226 g/mol. The number of primary amides is 1. The van der Waals surface area contributed by atoms with Crippen LogP contribution in [0.15, 0.2) is 0 Å². The maximum Gasteiger partial charge on any atom is 0.240 e. The molecule has 1 atom stereocenters. The van der Waals surface area contributed by atoms with Crippen LogP contribution < -0.4 is 11.1 Å². The second kappa shape index (κ2) is 5.87. The summed E-state index contributed by atoms with van der Waals surface area (Å²) in [7, 11) is 0. The van der Waals surface area contributed by atoms with Gasteiger partial charge in [-0.2, -0.15) is 0 Å². The second-order valence-electron chi connectivity index (χ2n) is 5.07. The predicted octanol–water partition coefficient (Wildman–Crippen LogP) is 1.19. The van der Waals surface area contributed by atoms with E-state index in [0.717, 1.165) is 25.7 Å². The van der Waals surface area contributed by atoms with Crippen molar-refractivity contribution < 1.29 is 9.59 Å². The van der Waals surface area contributed by atoms with Gasteiger partial charge in [-0.15, -0.1) is 0 Å². The largest absolute Gasteiger partial charge is 0.368 e. The van der Waals surface area contributed by atoms with E-state index in [1.807, 2.05) is 13.8 Å². The van der Waals surface area contributed by atoms with E-state index in [4.69, 9.17) is 5.73 Å². The predicted molar refractivity (Wildman–Crippen MR) is 62.5 cm³/mol. The molecule has 0 saturated heterocycles. The fraction of sp³-hybridized carbons (Fsp3) is 0.833. The molecule has 0 bridgehead atoms. The third-order valence-electron chi connectivity index (χ3n) is 3.09. The van der Waals surface area contributed by atoms with E-state index < -0.39 is 11.9 Å². The molecule has 0 aromatic heterocycles. The summed E-state index contributed by atoms with van der Waals surface area (Å²) in [5.41, 5.74) is 5.28. The van der Waals surface area contributed by atoms with Crippen LogP contribution in [0.25, 0.3) is 0 Å². The highest BCUT2D eigenvalue weighted by molar-refractivity contribution is 5.87. The molecule has 1 saturated carbocycles. The Balaban J connectivity index is 2.47. The number of rotatable bonds is 5. The second-order valence-corrected chi connectivity index (χ2v) is 5.07. The first-order chi connectivity index (χ1) is 7.50. The topological polar surface area (TPSA) is 72.2 Å². The van der Waals surface area contributed by atoms with Gasteiger partial charge >= 0.3 is 0 Å². The minimum atomic E-state index is -0.506. The zero-order valence-corrected chi connectivity index (χ0v) is 10.2. The van der Waals surface area contributed by atoms with Crippen LogP contribution >= 0.6 is 0 Å². The molecule has 1 aliphatic rings. The molecule has 2 amide bonds. The van der Waals surface area contributed by atoms with Crippen molar-refractivity contribution in [2.24, 2.45) is 17.6 Å². The van der Waals surface area contributed by atoms with Crippen molar-refractivity contribution in [2.75, 3.05) is 0 Å². The molecule has 4 heteroatoms. The zero-order chi connectivity index (χ0) is 12.1. The van der Waals surface area contributed by atoms with Crippen molar-refractivity contribution in [1.29, 1.82) is 0 Å². The van der Waals surface area contributed by atoms with Gasteiger partial charge in [0.15, 0.2) is 0 Å². The van der Waals surface area contributed by atoms with Gasteiger partial charge in [0.05, 0.1) is 0 Å². The van der Waals surface area contributed by atoms with Gasteiger partial charge in [-0.1, -0.05) is 26.7 Å². The number of hydrogen-bond acceptors (Lipinski definition) is 2. The lowest BCUT2D eigenvalue weighted by atomic mass is 10.0. The lowest BCUT2D eigenvalue weighted by Crippen LogP contribution is -2.46. The lowest BCUT2D eigenvalue weighted by Gasteiger charge is -2.19. The van der Waals surface area contributed by atoms with Crippen LogP contribution in [-0.4, -0.2) is 17.9 Å². The zero-order valence-electron chi connectivity index (χ0n) is 10.2. The summed E-state index contributed by atoms with van der Waals surface area (Å²) in [4.78, 5) is 23.0. The van der Waals surface area contributed by atoms with E-state index in [0.29, 0.717) is 12.3 Å². The van der Waals surface area contributed by atoms with E-state index >= 15 is 0 Å². The van der Waals surface area contributed by atoms with Gasteiger partial charge in [-0.25, -0.2) is 0 Å². The molecule has 1 aliphatic carbocycles. The Labute approximate surface area is 97.0 Å². The summed E-state index contributed by atoms with van der Waals surface area (Å²) in [5.74, 6) is 0.0115. The van der Waals surface area contributed by atoms with Crippen molar-refractivity contribution in [1.82, 2.24) is 5.32 Å². The number of nitrogens with one attached hydrogen (secondary N) is 1. The van der Waals surface area contributed by atoms with Crippen molar-refractivity contribution in [3.8, 4) is 0 Å². The van der Waals surface area contributed by atoms with Crippen LogP contribution in [0, 0.1) is 11.8 Å². The van der Waals surface area contributed by atoms with Crippen molar-refractivity contribution >= 4 is 11.8 Å². The van der Waals surface area contributed by atoms with Gasteiger partial charge in [0.1, 0.15) is 6.04 Å². The summed E-state index contributed by atoms with van der Waals surface area (Å²) in [6, 6.07) is -0.506. The molecule has 4 nitrogen and oxygen atoms in total.